The average molecular weight is 360 g/mol. The third kappa shape index (κ3) is 4.73. The maximum atomic E-state index is 12.2. The molecule has 4 nitrogen and oxygen atoms in total. The Kier molecular flexibility index (Phi) is 5.87. The van der Waals surface area contributed by atoms with Gasteiger partial charge >= 0.3 is 0 Å². The maximum absolute atomic E-state index is 12.2. The molecule has 1 aliphatic rings. The van der Waals surface area contributed by atoms with Gasteiger partial charge in [0.1, 0.15) is 5.78 Å². The summed E-state index contributed by atoms with van der Waals surface area (Å²) in [5, 5.41) is 0. The van der Waals surface area contributed by atoms with E-state index in [9.17, 15) is 9.59 Å². The number of allylic oxidation sites excluding steroid dienone is 1. The second-order valence-corrected chi connectivity index (χ2v) is 6.90. The molecular formula is C23H24N2O2. The minimum Gasteiger partial charge on any atom is -0.366 e. The van der Waals surface area contributed by atoms with Crippen molar-refractivity contribution in [3.63, 3.8) is 0 Å². The molecule has 1 heterocycles. The molecule has 0 aromatic heterocycles. The predicted octanol–water partition coefficient (Wildman–Crippen LogP) is 3.76. The fourth-order valence-electron chi connectivity index (χ4n) is 3.55. The van der Waals surface area contributed by atoms with Crippen molar-refractivity contribution in [2.45, 2.75) is 25.8 Å². The molecule has 2 atom stereocenters. The van der Waals surface area contributed by atoms with E-state index in [4.69, 9.17) is 5.73 Å². The molecule has 0 radical (unpaired) electrons. The van der Waals surface area contributed by atoms with Crippen LogP contribution >= 0.6 is 0 Å². The number of hydrogen-bond donors (Lipinski definition) is 1. The summed E-state index contributed by atoms with van der Waals surface area (Å²) in [7, 11) is 0. The van der Waals surface area contributed by atoms with Gasteiger partial charge in [-0.25, -0.2) is 0 Å². The SMILES string of the molecule is CC(=O)CC(c1ccccc1)C1C=CN(Cc2ccccc2)C=C1C(N)=O. The second kappa shape index (κ2) is 8.49. The Bertz CT molecular complexity index is 856. The van der Waals surface area contributed by atoms with Crippen LogP contribution in [0.4, 0.5) is 0 Å². The summed E-state index contributed by atoms with van der Waals surface area (Å²) >= 11 is 0. The lowest BCUT2D eigenvalue weighted by molar-refractivity contribution is -0.118. The molecule has 0 saturated heterocycles. The Balaban J connectivity index is 1.89. The molecule has 2 unspecified atom stereocenters. The number of carbonyl (C=O) groups is 2. The molecule has 1 aliphatic heterocycles. The van der Waals surface area contributed by atoms with Gasteiger partial charge in [0.25, 0.3) is 0 Å². The van der Waals surface area contributed by atoms with Gasteiger partial charge in [0.05, 0.1) is 0 Å². The number of amides is 1. The fourth-order valence-corrected chi connectivity index (χ4v) is 3.55. The van der Waals surface area contributed by atoms with Crippen molar-refractivity contribution >= 4 is 11.7 Å². The summed E-state index contributed by atoms with van der Waals surface area (Å²) in [5.41, 5.74) is 8.41. The summed E-state index contributed by atoms with van der Waals surface area (Å²) in [6.07, 6.45) is 6.14. The third-order valence-electron chi connectivity index (χ3n) is 4.81. The monoisotopic (exact) mass is 360 g/mol. The lowest BCUT2D eigenvalue weighted by atomic mass is 9.77. The summed E-state index contributed by atoms with van der Waals surface area (Å²) in [6.45, 7) is 2.24. The quantitative estimate of drug-likeness (QED) is 0.818. The van der Waals surface area contributed by atoms with Gasteiger partial charge in [0.15, 0.2) is 0 Å². The van der Waals surface area contributed by atoms with E-state index in [1.165, 1.54) is 0 Å². The summed E-state index contributed by atoms with van der Waals surface area (Å²) in [6, 6.07) is 19.9. The summed E-state index contributed by atoms with van der Waals surface area (Å²) in [5.74, 6) is -0.696. The van der Waals surface area contributed by atoms with E-state index < -0.39 is 5.91 Å². The Morgan fingerprint density at radius 3 is 2.26 bits per heavy atom. The Morgan fingerprint density at radius 2 is 1.67 bits per heavy atom. The van der Waals surface area contributed by atoms with Crippen molar-refractivity contribution in [2.24, 2.45) is 11.7 Å². The van der Waals surface area contributed by atoms with Gasteiger partial charge in [0.2, 0.25) is 5.91 Å². The largest absolute Gasteiger partial charge is 0.366 e. The zero-order valence-electron chi connectivity index (χ0n) is 15.4. The summed E-state index contributed by atoms with van der Waals surface area (Å²) < 4.78 is 0. The molecule has 138 valence electrons. The van der Waals surface area contributed by atoms with Gasteiger partial charge in [-0.3, -0.25) is 4.79 Å². The van der Waals surface area contributed by atoms with Gasteiger partial charge in [-0.2, -0.15) is 0 Å². The zero-order valence-corrected chi connectivity index (χ0v) is 15.4. The standard InChI is InChI=1S/C23H24N2O2/c1-17(26)14-21(19-10-6-3-7-11-19)20-12-13-25(16-22(20)23(24)27)15-18-8-4-2-5-9-18/h2-13,16,20-21H,14-15H2,1H3,(H2,24,27). The van der Waals surface area contributed by atoms with Crippen LogP contribution in [0.15, 0.2) is 84.7 Å². The number of carbonyl (C=O) groups excluding carboxylic acids is 2. The van der Waals surface area contributed by atoms with Gasteiger partial charge < -0.3 is 15.4 Å². The fraction of sp³-hybridized carbons (Fsp3) is 0.217. The van der Waals surface area contributed by atoms with Gasteiger partial charge in [-0.1, -0.05) is 66.7 Å². The molecule has 2 aromatic rings. The maximum Gasteiger partial charge on any atom is 0.246 e. The molecule has 2 N–H and O–H groups in total. The average Bonchev–Trinajstić information content (AvgIpc) is 2.67. The number of ketones is 1. The Hall–Kier alpha value is -3.14. The van der Waals surface area contributed by atoms with Crippen LogP contribution < -0.4 is 5.73 Å². The lowest BCUT2D eigenvalue weighted by Gasteiger charge is -2.31. The molecule has 0 bridgehead atoms. The Labute approximate surface area is 160 Å². The smallest absolute Gasteiger partial charge is 0.246 e. The molecule has 0 aliphatic carbocycles. The van der Waals surface area contributed by atoms with E-state index in [0.29, 0.717) is 18.5 Å². The minimum absolute atomic E-state index is 0.0905. The molecule has 4 heteroatoms. The van der Waals surface area contributed by atoms with Crippen molar-refractivity contribution in [1.29, 1.82) is 0 Å². The van der Waals surface area contributed by atoms with Crippen LogP contribution in [0.3, 0.4) is 0 Å². The van der Waals surface area contributed by atoms with Crippen LogP contribution in [0.25, 0.3) is 0 Å². The first-order valence-electron chi connectivity index (χ1n) is 9.08. The highest BCUT2D eigenvalue weighted by Crippen LogP contribution is 2.36. The molecule has 3 rings (SSSR count). The van der Waals surface area contributed by atoms with E-state index in [1.54, 1.807) is 6.92 Å². The topological polar surface area (TPSA) is 63.4 Å². The number of nitrogens with two attached hydrogens (primary N) is 1. The van der Waals surface area contributed by atoms with Crippen molar-refractivity contribution in [3.05, 3.63) is 95.8 Å². The van der Waals surface area contributed by atoms with Crippen LogP contribution in [0.5, 0.6) is 0 Å². The van der Waals surface area contributed by atoms with Crippen molar-refractivity contribution in [1.82, 2.24) is 4.90 Å². The molecular weight excluding hydrogens is 336 g/mol. The normalized spacial score (nSPS) is 17.3. The van der Waals surface area contributed by atoms with Gasteiger partial charge in [-0.05, 0) is 18.1 Å². The molecule has 0 fully saturated rings. The molecule has 0 spiro atoms. The Morgan fingerprint density at radius 1 is 1.04 bits per heavy atom. The van der Waals surface area contributed by atoms with Crippen molar-refractivity contribution in [2.75, 3.05) is 0 Å². The zero-order chi connectivity index (χ0) is 19.2. The molecule has 1 amide bonds. The first-order chi connectivity index (χ1) is 13.0. The number of nitrogens with zero attached hydrogens (tertiary/aromatic N) is 1. The molecule has 0 saturated carbocycles. The predicted molar refractivity (Wildman–Crippen MR) is 106 cm³/mol. The second-order valence-electron chi connectivity index (χ2n) is 6.90. The first-order valence-corrected chi connectivity index (χ1v) is 9.08. The highest BCUT2D eigenvalue weighted by molar-refractivity contribution is 5.93. The molecule has 2 aromatic carbocycles. The number of hydrogen-bond acceptors (Lipinski definition) is 3. The van der Waals surface area contributed by atoms with Crippen LogP contribution in [0.2, 0.25) is 0 Å². The van der Waals surface area contributed by atoms with Gasteiger partial charge in [0, 0.05) is 42.8 Å². The number of primary amides is 1. The highest BCUT2D eigenvalue weighted by Gasteiger charge is 2.30. The van der Waals surface area contributed by atoms with E-state index in [-0.39, 0.29) is 17.6 Å². The van der Waals surface area contributed by atoms with Crippen molar-refractivity contribution < 1.29 is 9.59 Å². The van der Waals surface area contributed by atoms with E-state index in [2.05, 4.69) is 0 Å². The lowest BCUT2D eigenvalue weighted by Crippen LogP contribution is -2.30. The van der Waals surface area contributed by atoms with Crippen LogP contribution in [0, 0.1) is 5.92 Å². The van der Waals surface area contributed by atoms with Gasteiger partial charge in [-0.15, -0.1) is 0 Å². The molecule has 27 heavy (non-hydrogen) atoms. The van der Waals surface area contributed by atoms with E-state index in [0.717, 1.165) is 11.1 Å². The van der Waals surface area contributed by atoms with Crippen LogP contribution in [0.1, 0.15) is 30.4 Å². The number of Topliss-reactive ketones (excluding diaryl/α,β-unsaturated/α-hetero) is 1. The van der Waals surface area contributed by atoms with Crippen LogP contribution in [-0.2, 0) is 16.1 Å². The number of rotatable bonds is 7. The highest BCUT2D eigenvalue weighted by atomic mass is 16.1. The van der Waals surface area contributed by atoms with Crippen molar-refractivity contribution in [3.8, 4) is 0 Å². The van der Waals surface area contributed by atoms with E-state index in [1.807, 2.05) is 84.0 Å². The number of benzene rings is 2. The first kappa shape index (κ1) is 18.6. The van der Waals surface area contributed by atoms with E-state index >= 15 is 0 Å². The third-order valence-corrected chi connectivity index (χ3v) is 4.81. The van der Waals surface area contributed by atoms with Crippen LogP contribution in [-0.4, -0.2) is 16.6 Å². The minimum atomic E-state index is -0.452. The summed E-state index contributed by atoms with van der Waals surface area (Å²) in [4.78, 5) is 26.0.